The summed E-state index contributed by atoms with van der Waals surface area (Å²) in [5.74, 6) is -2.04. The molecular formula is C11H11Br2N3O4. The first-order chi connectivity index (χ1) is 9.29. The van der Waals surface area contributed by atoms with Crippen molar-refractivity contribution in [2.24, 2.45) is 5.73 Å². The van der Waals surface area contributed by atoms with Gasteiger partial charge in [-0.1, -0.05) is 15.9 Å². The number of hydrogen-bond donors (Lipinski definition) is 3. The first-order valence-electron chi connectivity index (χ1n) is 5.30. The van der Waals surface area contributed by atoms with E-state index in [4.69, 9.17) is 10.8 Å². The molecule has 0 aliphatic heterocycles. The maximum absolute atomic E-state index is 12.0. The zero-order chi connectivity index (χ0) is 15.3. The predicted octanol–water partition coefficient (Wildman–Crippen LogP) is 1.62. The smallest absolute Gasteiger partial charge is 0.323 e. The number of benzene rings is 1. The second-order valence-electron chi connectivity index (χ2n) is 3.77. The maximum Gasteiger partial charge on any atom is 0.323 e. The average Bonchev–Trinajstić information content (AvgIpc) is 2.31. The van der Waals surface area contributed by atoms with Crippen LogP contribution in [0.2, 0.25) is 0 Å². The Labute approximate surface area is 131 Å². The Morgan fingerprint density at radius 3 is 2.45 bits per heavy atom. The molecule has 3 amide bonds. The zero-order valence-electron chi connectivity index (χ0n) is 10.1. The number of halogens is 2. The van der Waals surface area contributed by atoms with Crippen LogP contribution in [0.4, 0.5) is 10.5 Å². The number of carbonyl (C=O) groups excluding carboxylic acids is 2. The molecule has 9 heteroatoms. The van der Waals surface area contributed by atoms with Gasteiger partial charge in [-0.2, -0.15) is 0 Å². The third kappa shape index (κ3) is 5.17. The van der Waals surface area contributed by atoms with Crippen LogP contribution in [0, 0.1) is 0 Å². The summed E-state index contributed by atoms with van der Waals surface area (Å²) in [6, 6.07) is 4.36. The summed E-state index contributed by atoms with van der Waals surface area (Å²) in [5.41, 5.74) is 5.42. The normalized spacial score (nSPS) is 9.90. The highest BCUT2D eigenvalue weighted by Crippen LogP contribution is 2.26. The number of nitrogens with zero attached hydrogens (tertiary/aromatic N) is 1. The van der Waals surface area contributed by atoms with Crippen LogP contribution in [0.15, 0.2) is 27.1 Å². The van der Waals surface area contributed by atoms with Crippen molar-refractivity contribution < 1.29 is 19.5 Å². The fraction of sp³-hybridized carbons (Fsp3) is 0.182. The minimum Gasteiger partial charge on any atom is -0.480 e. The monoisotopic (exact) mass is 407 g/mol. The highest BCUT2D eigenvalue weighted by molar-refractivity contribution is 9.11. The van der Waals surface area contributed by atoms with Crippen LogP contribution in [0.3, 0.4) is 0 Å². The van der Waals surface area contributed by atoms with Gasteiger partial charge < -0.3 is 21.1 Å². The molecule has 0 spiro atoms. The van der Waals surface area contributed by atoms with Crippen LogP contribution in [0.25, 0.3) is 0 Å². The number of aliphatic carboxylic acids is 1. The van der Waals surface area contributed by atoms with Gasteiger partial charge in [-0.3, -0.25) is 9.59 Å². The highest BCUT2D eigenvalue weighted by atomic mass is 79.9. The van der Waals surface area contributed by atoms with Crippen molar-refractivity contribution >= 4 is 55.5 Å². The third-order valence-corrected chi connectivity index (χ3v) is 3.31. The zero-order valence-corrected chi connectivity index (χ0v) is 13.3. The van der Waals surface area contributed by atoms with E-state index in [2.05, 4.69) is 37.2 Å². The largest absolute Gasteiger partial charge is 0.480 e. The first-order valence-corrected chi connectivity index (χ1v) is 6.89. The Morgan fingerprint density at radius 2 is 1.90 bits per heavy atom. The van der Waals surface area contributed by atoms with Gasteiger partial charge in [-0.15, -0.1) is 0 Å². The molecule has 0 heterocycles. The fourth-order valence-corrected chi connectivity index (χ4v) is 2.05. The van der Waals surface area contributed by atoms with Crippen molar-refractivity contribution in [2.45, 2.75) is 0 Å². The Balaban J connectivity index is 2.86. The SMILES string of the molecule is NC(=O)CN(CC(=O)O)C(=O)Nc1cc(Br)ccc1Br. The molecule has 0 unspecified atom stereocenters. The van der Waals surface area contributed by atoms with Crippen LogP contribution in [-0.4, -0.2) is 41.0 Å². The van der Waals surface area contributed by atoms with Gasteiger partial charge in [0.25, 0.3) is 0 Å². The van der Waals surface area contributed by atoms with Crippen molar-refractivity contribution in [1.29, 1.82) is 0 Å². The molecule has 0 aromatic heterocycles. The van der Waals surface area contributed by atoms with Crippen molar-refractivity contribution in [2.75, 3.05) is 18.4 Å². The Kier molecular flexibility index (Phi) is 5.96. The quantitative estimate of drug-likeness (QED) is 0.686. The molecule has 108 valence electrons. The molecule has 1 aromatic rings. The lowest BCUT2D eigenvalue weighted by Gasteiger charge is -2.20. The minimum absolute atomic E-state index is 0.434. The number of carbonyl (C=O) groups is 3. The maximum atomic E-state index is 12.0. The molecule has 4 N–H and O–H groups in total. The number of carboxylic acids is 1. The third-order valence-electron chi connectivity index (χ3n) is 2.13. The van der Waals surface area contributed by atoms with Gasteiger partial charge in [0, 0.05) is 8.95 Å². The van der Waals surface area contributed by atoms with Gasteiger partial charge in [0.2, 0.25) is 5.91 Å². The lowest BCUT2D eigenvalue weighted by Crippen LogP contribution is -2.43. The first kappa shape index (κ1) is 16.4. The van der Waals surface area contributed by atoms with E-state index < -0.39 is 31.0 Å². The molecule has 7 nitrogen and oxygen atoms in total. The standard InChI is InChI=1S/C11H11Br2N3O4/c12-6-1-2-7(13)8(3-6)15-11(20)16(4-9(14)17)5-10(18)19/h1-3H,4-5H2,(H2,14,17)(H,15,20)(H,18,19). The van der Waals surface area contributed by atoms with Crippen LogP contribution >= 0.6 is 31.9 Å². The molecule has 1 aromatic carbocycles. The molecule has 0 saturated carbocycles. The Morgan fingerprint density at radius 1 is 1.25 bits per heavy atom. The molecule has 0 saturated heterocycles. The molecular weight excluding hydrogens is 398 g/mol. The summed E-state index contributed by atoms with van der Waals surface area (Å²) in [4.78, 5) is 34.3. The summed E-state index contributed by atoms with van der Waals surface area (Å²) < 4.78 is 1.35. The molecule has 0 atom stereocenters. The number of urea groups is 1. The van der Waals surface area contributed by atoms with Gasteiger partial charge >= 0.3 is 12.0 Å². The van der Waals surface area contributed by atoms with Crippen LogP contribution < -0.4 is 11.1 Å². The molecule has 0 bridgehead atoms. The summed E-state index contributed by atoms with van der Waals surface area (Å²) in [5, 5.41) is 11.2. The topological polar surface area (TPSA) is 113 Å². The Bertz CT molecular complexity index is 534. The van der Waals surface area contributed by atoms with E-state index >= 15 is 0 Å². The molecule has 1 rings (SSSR count). The van der Waals surface area contributed by atoms with Crippen LogP contribution in [0.5, 0.6) is 0 Å². The number of hydrogen-bond acceptors (Lipinski definition) is 3. The van der Waals surface area contributed by atoms with Crippen molar-refractivity contribution in [3.63, 3.8) is 0 Å². The van der Waals surface area contributed by atoms with Gasteiger partial charge in [-0.25, -0.2) is 4.79 Å². The fourth-order valence-electron chi connectivity index (χ4n) is 1.34. The second-order valence-corrected chi connectivity index (χ2v) is 5.54. The van der Waals surface area contributed by atoms with E-state index in [0.29, 0.717) is 10.2 Å². The van der Waals surface area contributed by atoms with Crippen molar-refractivity contribution in [3.05, 3.63) is 27.1 Å². The van der Waals surface area contributed by atoms with Gasteiger partial charge in [0.1, 0.15) is 13.1 Å². The number of amides is 3. The van der Waals surface area contributed by atoms with Gasteiger partial charge in [0.05, 0.1) is 5.69 Å². The van der Waals surface area contributed by atoms with Crippen molar-refractivity contribution in [1.82, 2.24) is 4.90 Å². The number of anilines is 1. The minimum atomic E-state index is -1.24. The van der Waals surface area contributed by atoms with E-state index in [0.717, 1.165) is 9.37 Å². The number of nitrogens with one attached hydrogen (secondary N) is 1. The highest BCUT2D eigenvalue weighted by Gasteiger charge is 2.19. The van der Waals surface area contributed by atoms with E-state index in [1.807, 2.05) is 0 Å². The molecule has 0 fully saturated rings. The second kappa shape index (κ2) is 7.25. The summed E-state index contributed by atoms with van der Waals surface area (Å²) in [6.07, 6.45) is 0. The van der Waals surface area contributed by atoms with Crippen LogP contribution in [-0.2, 0) is 9.59 Å². The number of carboxylic acid groups (broad SMARTS) is 1. The molecule has 0 aliphatic rings. The molecule has 20 heavy (non-hydrogen) atoms. The lowest BCUT2D eigenvalue weighted by molar-refractivity contribution is -0.137. The van der Waals surface area contributed by atoms with Crippen molar-refractivity contribution in [3.8, 4) is 0 Å². The number of nitrogens with two attached hydrogens (primary N) is 1. The van der Waals surface area contributed by atoms with E-state index in [1.54, 1.807) is 18.2 Å². The van der Waals surface area contributed by atoms with E-state index in [-0.39, 0.29) is 0 Å². The summed E-state index contributed by atoms with van der Waals surface area (Å²) in [6.45, 7) is -1.11. The molecule has 0 radical (unpaired) electrons. The summed E-state index contributed by atoms with van der Waals surface area (Å²) >= 11 is 6.50. The average molecular weight is 409 g/mol. The van der Waals surface area contributed by atoms with Gasteiger partial charge in [0.15, 0.2) is 0 Å². The summed E-state index contributed by atoms with van der Waals surface area (Å²) in [7, 11) is 0. The van der Waals surface area contributed by atoms with E-state index in [9.17, 15) is 14.4 Å². The lowest BCUT2D eigenvalue weighted by atomic mass is 10.3. The Hall–Kier alpha value is -1.61. The molecule has 0 aliphatic carbocycles. The number of rotatable bonds is 5. The predicted molar refractivity (Wildman–Crippen MR) is 79.3 cm³/mol. The van der Waals surface area contributed by atoms with Crippen LogP contribution in [0.1, 0.15) is 0 Å². The van der Waals surface area contributed by atoms with Gasteiger partial charge in [-0.05, 0) is 34.1 Å². The number of primary amides is 1. The van der Waals surface area contributed by atoms with E-state index in [1.165, 1.54) is 0 Å².